The predicted octanol–water partition coefficient (Wildman–Crippen LogP) is -0.0501. The molecule has 29 heavy (non-hydrogen) atoms. The Morgan fingerprint density at radius 1 is 1.21 bits per heavy atom. The molecule has 154 valence electrons. The van der Waals surface area contributed by atoms with E-state index in [1.807, 2.05) is 31.2 Å². The molecule has 4 atom stereocenters. The highest BCUT2D eigenvalue weighted by Gasteiger charge is 2.44. The van der Waals surface area contributed by atoms with Crippen molar-refractivity contribution in [2.24, 2.45) is 0 Å². The predicted molar refractivity (Wildman–Crippen MR) is 103 cm³/mol. The summed E-state index contributed by atoms with van der Waals surface area (Å²) in [5.74, 6) is 0.131. The van der Waals surface area contributed by atoms with Crippen molar-refractivity contribution in [1.29, 1.82) is 0 Å². The summed E-state index contributed by atoms with van der Waals surface area (Å²) in [6, 6.07) is 8.11. The van der Waals surface area contributed by atoms with Crippen LogP contribution in [0.4, 0.5) is 5.82 Å². The van der Waals surface area contributed by atoms with E-state index in [0.29, 0.717) is 24.2 Å². The molecule has 0 amide bonds. The zero-order valence-corrected chi connectivity index (χ0v) is 15.8. The highest BCUT2D eigenvalue weighted by molar-refractivity contribution is 5.82. The Morgan fingerprint density at radius 3 is 2.72 bits per heavy atom. The molecule has 2 aromatic heterocycles. The van der Waals surface area contributed by atoms with Crippen molar-refractivity contribution in [3.05, 3.63) is 41.7 Å². The maximum Gasteiger partial charge on any atom is 0.320 e. The van der Waals surface area contributed by atoms with E-state index in [1.165, 1.54) is 16.5 Å². The van der Waals surface area contributed by atoms with Gasteiger partial charge < -0.3 is 30.5 Å². The lowest BCUT2D eigenvalue weighted by molar-refractivity contribution is -0.0511. The molecule has 1 aliphatic rings. The smallest absolute Gasteiger partial charge is 0.320 e. The summed E-state index contributed by atoms with van der Waals surface area (Å²) in [6.07, 6.45) is -2.29. The number of ether oxygens (including phenoxy) is 2. The zero-order chi connectivity index (χ0) is 20.5. The lowest BCUT2D eigenvalue weighted by Gasteiger charge is -2.16. The number of benzene rings is 1. The summed E-state index contributed by atoms with van der Waals surface area (Å²) in [5, 5.41) is 29.6. The summed E-state index contributed by atoms with van der Waals surface area (Å²) in [4.78, 5) is 12.7. The molecule has 1 aliphatic heterocycles. The van der Waals surface area contributed by atoms with Gasteiger partial charge in [0.05, 0.1) is 19.5 Å². The van der Waals surface area contributed by atoms with Gasteiger partial charge >= 0.3 is 6.01 Å². The highest BCUT2D eigenvalue weighted by atomic mass is 16.6. The second-order valence-corrected chi connectivity index (χ2v) is 6.97. The summed E-state index contributed by atoms with van der Waals surface area (Å²) < 4.78 is 12.7. The maximum atomic E-state index is 10.3. The molecule has 0 saturated carbocycles. The van der Waals surface area contributed by atoms with Crippen molar-refractivity contribution < 1.29 is 24.8 Å². The molecule has 1 saturated heterocycles. The molecule has 1 fully saturated rings. The van der Waals surface area contributed by atoms with E-state index in [0.717, 1.165) is 5.56 Å². The minimum absolute atomic E-state index is 0.0806. The molecule has 0 bridgehead atoms. The molecule has 10 heteroatoms. The van der Waals surface area contributed by atoms with Crippen LogP contribution in [0, 0.1) is 6.92 Å². The number of nitrogen functional groups attached to an aromatic ring is 1. The van der Waals surface area contributed by atoms with Crippen LogP contribution in [0.5, 0.6) is 6.01 Å². The van der Waals surface area contributed by atoms with E-state index in [-0.39, 0.29) is 11.8 Å². The summed E-state index contributed by atoms with van der Waals surface area (Å²) in [6.45, 7) is 1.97. The number of nitrogens with zero attached hydrogens (tertiary/aromatic N) is 4. The molecule has 0 aliphatic carbocycles. The number of hydrogen-bond acceptors (Lipinski definition) is 9. The van der Waals surface area contributed by atoms with Crippen molar-refractivity contribution >= 4 is 17.0 Å². The van der Waals surface area contributed by atoms with Gasteiger partial charge in [0, 0.05) is 6.42 Å². The van der Waals surface area contributed by atoms with Crippen molar-refractivity contribution in [2.45, 2.75) is 37.9 Å². The summed E-state index contributed by atoms with van der Waals surface area (Å²) >= 11 is 0. The first-order valence-electron chi connectivity index (χ1n) is 9.29. The molecule has 0 radical (unpaired) electrons. The number of anilines is 1. The van der Waals surface area contributed by atoms with Gasteiger partial charge in [-0.3, -0.25) is 4.57 Å². The first kappa shape index (κ1) is 19.5. The Kier molecular flexibility index (Phi) is 5.33. The van der Waals surface area contributed by atoms with Gasteiger partial charge in [0.1, 0.15) is 18.3 Å². The van der Waals surface area contributed by atoms with E-state index in [9.17, 15) is 15.3 Å². The molecule has 1 aromatic carbocycles. The molecular formula is C19H23N5O5. The lowest BCUT2D eigenvalue weighted by Crippen LogP contribution is -2.33. The Bertz CT molecular complexity index is 1010. The van der Waals surface area contributed by atoms with Crippen molar-refractivity contribution in [2.75, 3.05) is 18.9 Å². The molecular weight excluding hydrogens is 378 g/mol. The van der Waals surface area contributed by atoms with Gasteiger partial charge in [0.15, 0.2) is 23.2 Å². The Labute approximate surface area is 166 Å². The van der Waals surface area contributed by atoms with Crippen LogP contribution in [0.3, 0.4) is 0 Å². The molecule has 5 N–H and O–H groups in total. The number of aliphatic hydroxyl groups is 3. The van der Waals surface area contributed by atoms with E-state index in [4.69, 9.17) is 15.2 Å². The summed E-state index contributed by atoms with van der Waals surface area (Å²) in [7, 11) is 0. The van der Waals surface area contributed by atoms with E-state index in [2.05, 4.69) is 15.0 Å². The number of hydrogen-bond donors (Lipinski definition) is 4. The molecule has 3 aromatic rings. The van der Waals surface area contributed by atoms with Gasteiger partial charge in [-0.15, -0.1) is 0 Å². The molecule has 4 rings (SSSR count). The fraction of sp³-hybridized carbons (Fsp3) is 0.421. The number of imidazole rings is 1. The van der Waals surface area contributed by atoms with Crippen molar-refractivity contribution in [3.8, 4) is 6.01 Å². The fourth-order valence-electron chi connectivity index (χ4n) is 3.42. The van der Waals surface area contributed by atoms with E-state index < -0.39 is 31.1 Å². The van der Waals surface area contributed by atoms with Crippen LogP contribution in [0.15, 0.2) is 30.6 Å². The second-order valence-electron chi connectivity index (χ2n) is 6.97. The van der Waals surface area contributed by atoms with Crippen LogP contribution < -0.4 is 10.5 Å². The van der Waals surface area contributed by atoms with Gasteiger partial charge in [-0.05, 0) is 18.1 Å². The van der Waals surface area contributed by atoms with Crippen LogP contribution in [0.2, 0.25) is 0 Å². The van der Waals surface area contributed by atoms with Gasteiger partial charge in [0.25, 0.3) is 0 Å². The highest BCUT2D eigenvalue weighted by Crippen LogP contribution is 2.32. The van der Waals surface area contributed by atoms with Crippen LogP contribution in [0.1, 0.15) is 17.4 Å². The third-order valence-corrected chi connectivity index (χ3v) is 5.08. The largest absolute Gasteiger partial charge is 0.463 e. The third-order valence-electron chi connectivity index (χ3n) is 5.08. The molecule has 0 spiro atoms. The first-order valence-corrected chi connectivity index (χ1v) is 9.29. The van der Waals surface area contributed by atoms with Crippen LogP contribution in [-0.4, -0.2) is 66.4 Å². The number of aliphatic hydroxyl groups excluding tert-OH is 3. The number of aryl methyl sites for hydroxylation is 1. The molecule has 1 unspecified atom stereocenters. The second kappa shape index (κ2) is 7.91. The zero-order valence-electron chi connectivity index (χ0n) is 15.8. The summed E-state index contributed by atoms with van der Waals surface area (Å²) in [5.41, 5.74) is 8.96. The number of fused-ring (bicyclic) bond motifs is 1. The Hall–Kier alpha value is -2.79. The van der Waals surface area contributed by atoms with E-state index >= 15 is 0 Å². The van der Waals surface area contributed by atoms with E-state index in [1.54, 1.807) is 0 Å². The standard InChI is InChI=1S/C19H23N5O5/c1-10-4-2-3-5-11(10)6-7-28-19-22-16(20)13-17(23-19)24(9-21-13)18-15(27)14(26)12(8-25)29-18/h2-5,9,12,14-15,18,25-27H,6-8H2,1H3,(H2,20,22,23)/t12-,14-,15-,18?/m0/s1. The maximum absolute atomic E-state index is 10.3. The SMILES string of the molecule is Cc1ccccc1CCOc1nc(N)c2ncn(C3O[C@@H](CO)[C@H](O)[C@@H]3O)c2n1. The number of rotatable bonds is 6. The van der Waals surface area contributed by atoms with Gasteiger partial charge in [0.2, 0.25) is 0 Å². The molecule has 10 nitrogen and oxygen atoms in total. The Morgan fingerprint density at radius 2 is 2.00 bits per heavy atom. The molecule has 3 heterocycles. The average molecular weight is 401 g/mol. The van der Waals surface area contributed by atoms with Crippen LogP contribution in [0.25, 0.3) is 11.2 Å². The third kappa shape index (κ3) is 3.62. The fourth-order valence-corrected chi connectivity index (χ4v) is 3.42. The quantitative estimate of drug-likeness (QED) is 0.446. The van der Waals surface area contributed by atoms with Crippen molar-refractivity contribution in [3.63, 3.8) is 0 Å². The monoisotopic (exact) mass is 401 g/mol. The van der Waals surface area contributed by atoms with Crippen LogP contribution in [-0.2, 0) is 11.2 Å². The normalized spacial score (nSPS) is 24.3. The van der Waals surface area contributed by atoms with Gasteiger partial charge in [-0.1, -0.05) is 24.3 Å². The van der Waals surface area contributed by atoms with Crippen molar-refractivity contribution in [1.82, 2.24) is 19.5 Å². The number of nitrogens with two attached hydrogens (primary N) is 1. The first-order chi connectivity index (χ1) is 14.0. The van der Waals surface area contributed by atoms with Gasteiger partial charge in [-0.2, -0.15) is 9.97 Å². The minimum Gasteiger partial charge on any atom is -0.463 e. The van der Waals surface area contributed by atoms with Crippen LogP contribution >= 0.6 is 0 Å². The van der Waals surface area contributed by atoms with Gasteiger partial charge in [-0.25, -0.2) is 4.98 Å². The topological polar surface area (TPSA) is 149 Å². The average Bonchev–Trinajstić information content (AvgIpc) is 3.25. The Balaban J connectivity index is 1.56. The lowest BCUT2D eigenvalue weighted by atomic mass is 10.1. The minimum atomic E-state index is -1.26. The number of aromatic nitrogens is 4.